The van der Waals surface area contributed by atoms with Crippen LogP contribution in [0.2, 0.25) is 5.02 Å². The average Bonchev–Trinajstić information content (AvgIpc) is 3.50. The third-order valence-electron chi connectivity index (χ3n) is 7.52. The summed E-state index contributed by atoms with van der Waals surface area (Å²) in [5, 5.41) is 12.0. The maximum absolute atomic E-state index is 14.2. The van der Waals surface area contributed by atoms with E-state index in [2.05, 4.69) is 28.4 Å². The van der Waals surface area contributed by atoms with E-state index in [1.165, 1.54) is 23.5 Å². The molecule has 1 aromatic carbocycles. The fraction of sp³-hybridized carbons (Fsp3) is 0.414. The Kier molecular flexibility index (Phi) is 9.16. The van der Waals surface area contributed by atoms with Crippen LogP contribution < -0.4 is 0 Å². The Bertz CT molecular complexity index is 1530. The molecule has 0 unspecified atom stereocenters. The molecule has 1 amide bonds. The second-order valence-corrected chi connectivity index (χ2v) is 11.8. The Hall–Kier alpha value is -3.45. The summed E-state index contributed by atoms with van der Waals surface area (Å²) >= 11 is 7.11. The average molecular weight is 615 g/mol. The van der Waals surface area contributed by atoms with Crippen LogP contribution in [0.15, 0.2) is 41.2 Å². The number of aryl methyl sites for hydroxylation is 1. The number of aromatic nitrogens is 3. The lowest BCUT2D eigenvalue weighted by Crippen LogP contribution is -2.53. The number of amides is 1. The van der Waals surface area contributed by atoms with Crippen molar-refractivity contribution in [3.8, 4) is 0 Å². The molecule has 2 atom stereocenters. The Morgan fingerprint density at radius 1 is 1.33 bits per heavy atom. The predicted molar refractivity (Wildman–Crippen MR) is 158 cm³/mol. The number of carboxylic acid groups (broad SMARTS) is 1. The fourth-order valence-electron chi connectivity index (χ4n) is 5.08. The number of rotatable bonds is 10. The summed E-state index contributed by atoms with van der Waals surface area (Å²) < 4.78 is 21.8. The fourth-order valence-corrected chi connectivity index (χ4v) is 6.02. The molecule has 2 saturated heterocycles. The van der Waals surface area contributed by atoms with Gasteiger partial charge in [-0.1, -0.05) is 24.2 Å². The lowest BCUT2D eigenvalue weighted by molar-refractivity contribution is -0.129. The SMILES string of the molecule is C=CC(=Nc1c(C)nc(CN2CCN(C(=O)c3nc(Cc4ccc(Cl)cc4F)cs3)C[C@@H]2C)n1C[C@@H]1CCO1)C(=O)O. The van der Waals surface area contributed by atoms with Gasteiger partial charge in [0.2, 0.25) is 0 Å². The van der Waals surface area contributed by atoms with Crippen LogP contribution >= 0.6 is 22.9 Å². The normalized spacial score (nSPS) is 19.5. The first kappa shape index (κ1) is 30.0. The van der Waals surface area contributed by atoms with Gasteiger partial charge in [-0.25, -0.2) is 24.1 Å². The molecule has 2 aromatic heterocycles. The number of carboxylic acids is 1. The van der Waals surface area contributed by atoms with E-state index in [0.717, 1.165) is 12.2 Å². The number of hydrogen-bond acceptors (Lipinski definition) is 8. The van der Waals surface area contributed by atoms with Gasteiger partial charge in [-0.2, -0.15) is 0 Å². The number of aliphatic carboxylic acids is 1. The van der Waals surface area contributed by atoms with Crippen LogP contribution in [0.4, 0.5) is 10.2 Å². The number of halogens is 2. The third-order valence-corrected chi connectivity index (χ3v) is 8.64. The molecule has 0 radical (unpaired) electrons. The second-order valence-electron chi connectivity index (χ2n) is 10.5. The zero-order valence-corrected chi connectivity index (χ0v) is 25.0. The highest BCUT2D eigenvalue weighted by Gasteiger charge is 2.31. The van der Waals surface area contributed by atoms with Crippen molar-refractivity contribution in [3.05, 3.63) is 74.9 Å². The summed E-state index contributed by atoms with van der Waals surface area (Å²) in [6.45, 7) is 10.8. The summed E-state index contributed by atoms with van der Waals surface area (Å²) in [6.07, 6.45) is 2.44. The van der Waals surface area contributed by atoms with Crippen LogP contribution in [0, 0.1) is 12.7 Å². The van der Waals surface area contributed by atoms with Crippen molar-refractivity contribution in [2.75, 3.05) is 26.2 Å². The molecule has 0 aliphatic carbocycles. The van der Waals surface area contributed by atoms with E-state index in [9.17, 15) is 19.1 Å². The lowest BCUT2D eigenvalue weighted by Gasteiger charge is -2.39. The maximum atomic E-state index is 14.2. The van der Waals surface area contributed by atoms with E-state index in [1.54, 1.807) is 22.4 Å². The number of nitrogens with zero attached hydrogens (tertiary/aromatic N) is 6. The van der Waals surface area contributed by atoms with Gasteiger partial charge in [-0.15, -0.1) is 11.3 Å². The van der Waals surface area contributed by atoms with Gasteiger partial charge >= 0.3 is 5.97 Å². The van der Waals surface area contributed by atoms with E-state index in [0.29, 0.717) is 72.1 Å². The topological polar surface area (TPSA) is 113 Å². The van der Waals surface area contributed by atoms with E-state index < -0.39 is 11.8 Å². The number of imidazole rings is 1. The molecule has 4 heterocycles. The summed E-state index contributed by atoms with van der Waals surface area (Å²) in [7, 11) is 0. The Morgan fingerprint density at radius 3 is 2.76 bits per heavy atom. The molecule has 10 nitrogen and oxygen atoms in total. The van der Waals surface area contributed by atoms with Crippen molar-refractivity contribution >= 4 is 46.3 Å². The van der Waals surface area contributed by atoms with Crippen molar-refractivity contribution < 1.29 is 23.8 Å². The first-order valence-corrected chi connectivity index (χ1v) is 14.9. The number of ether oxygens (including phenoxy) is 1. The quantitative estimate of drug-likeness (QED) is 0.334. The van der Waals surface area contributed by atoms with Crippen molar-refractivity contribution in [1.29, 1.82) is 0 Å². The highest BCUT2D eigenvalue weighted by atomic mass is 35.5. The molecule has 42 heavy (non-hydrogen) atoms. The standard InChI is InChI=1S/C29H32ClFN6O4S/c1-4-24(29(39)40)34-26-18(3)32-25(37(26)14-22-7-10-41-22)15-35-8-9-36(13-17(35)2)28(38)27-33-21(16-42-27)11-19-5-6-20(30)12-23(19)31/h4-6,12,16-17,22H,1,7-11,13-15H2,2-3H3,(H,39,40)/t17-,22-/m0/s1. The van der Waals surface area contributed by atoms with Crippen LogP contribution in [-0.2, 0) is 29.0 Å². The van der Waals surface area contributed by atoms with E-state index in [1.807, 2.05) is 11.5 Å². The van der Waals surface area contributed by atoms with Crippen LogP contribution in [0.1, 0.15) is 45.9 Å². The first-order valence-electron chi connectivity index (χ1n) is 13.7. The summed E-state index contributed by atoms with van der Waals surface area (Å²) in [5.74, 6) is -0.446. The van der Waals surface area contributed by atoms with Gasteiger partial charge in [0, 0.05) is 49.1 Å². The lowest BCUT2D eigenvalue weighted by atomic mass is 10.1. The zero-order valence-electron chi connectivity index (χ0n) is 23.4. The molecule has 0 saturated carbocycles. The number of carbonyl (C=O) groups is 2. The van der Waals surface area contributed by atoms with Gasteiger partial charge in [0.15, 0.2) is 10.8 Å². The molecule has 2 aliphatic rings. The molecular weight excluding hydrogens is 583 g/mol. The Morgan fingerprint density at radius 2 is 2.12 bits per heavy atom. The van der Waals surface area contributed by atoms with Crippen molar-refractivity contribution in [1.82, 2.24) is 24.3 Å². The van der Waals surface area contributed by atoms with Gasteiger partial charge in [-0.3, -0.25) is 9.69 Å². The molecule has 0 spiro atoms. The van der Waals surface area contributed by atoms with E-state index in [-0.39, 0.29) is 30.2 Å². The van der Waals surface area contributed by atoms with Gasteiger partial charge in [0.1, 0.15) is 17.4 Å². The molecule has 2 aliphatic heterocycles. The van der Waals surface area contributed by atoms with Gasteiger partial charge in [0.25, 0.3) is 5.91 Å². The van der Waals surface area contributed by atoms with Crippen LogP contribution in [-0.4, -0.2) is 85.4 Å². The third kappa shape index (κ3) is 6.62. The summed E-state index contributed by atoms with van der Waals surface area (Å²) in [6, 6.07) is 4.57. The first-order chi connectivity index (χ1) is 20.1. The Labute approximate surface area is 252 Å². The maximum Gasteiger partial charge on any atom is 0.354 e. The largest absolute Gasteiger partial charge is 0.477 e. The smallest absolute Gasteiger partial charge is 0.354 e. The molecular formula is C29H32ClFN6O4S. The van der Waals surface area contributed by atoms with Crippen molar-refractivity contribution in [2.45, 2.75) is 51.9 Å². The van der Waals surface area contributed by atoms with E-state index >= 15 is 0 Å². The molecule has 3 aromatic rings. The van der Waals surface area contributed by atoms with Crippen LogP contribution in [0.5, 0.6) is 0 Å². The summed E-state index contributed by atoms with van der Waals surface area (Å²) in [4.78, 5) is 42.5. The van der Waals surface area contributed by atoms with Crippen LogP contribution in [0.25, 0.3) is 0 Å². The van der Waals surface area contributed by atoms with Crippen molar-refractivity contribution in [2.24, 2.45) is 4.99 Å². The monoisotopic (exact) mass is 614 g/mol. The molecule has 222 valence electrons. The van der Waals surface area contributed by atoms with Gasteiger partial charge in [0.05, 0.1) is 30.6 Å². The molecule has 2 fully saturated rings. The highest BCUT2D eigenvalue weighted by Crippen LogP contribution is 2.27. The number of piperazine rings is 1. The minimum Gasteiger partial charge on any atom is -0.477 e. The van der Waals surface area contributed by atoms with Gasteiger partial charge < -0.3 is 19.3 Å². The molecule has 0 bridgehead atoms. The predicted octanol–water partition coefficient (Wildman–Crippen LogP) is 4.51. The molecule has 1 N–H and O–H groups in total. The minimum atomic E-state index is -1.16. The van der Waals surface area contributed by atoms with Gasteiger partial charge in [-0.05, 0) is 44.0 Å². The summed E-state index contributed by atoms with van der Waals surface area (Å²) in [5.41, 5.74) is 1.59. The molecule has 5 rings (SSSR count). The number of carbonyl (C=O) groups excluding carboxylic acids is 1. The minimum absolute atomic E-state index is 0.0228. The number of aliphatic imine (C=N–C) groups is 1. The second kappa shape index (κ2) is 12.8. The Balaban J connectivity index is 1.26. The number of thiazole rings is 1. The van der Waals surface area contributed by atoms with E-state index in [4.69, 9.17) is 21.3 Å². The van der Waals surface area contributed by atoms with Crippen LogP contribution in [0.3, 0.4) is 0 Å². The zero-order chi connectivity index (χ0) is 30.0. The number of benzene rings is 1. The number of hydrogen-bond donors (Lipinski definition) is 1. The highest BCUT2D eigenvalue weighted by molar-refractivity contribution is 7.11. The van der Waals surface area contributed by atoms with Crippen molar-refractivity contribution in [3.63, 3.8) is 0 Å². The molecule has 13 heteroatoms.